The molecule has 0 amide bonds. The van der Waals surface area contributed by atoms with Crippen LogP contribution in [0.3, 0.4) is 0 Å². The third-order valence-corrected chi connectivity index (χ3v) is 2.24. The van der Waals surface area contributed by atoms with Gasteiger partial charge in [-0.1, -0.05) is 27.2 Å². The first-order chi connectivity index (χ1) is 5.56. The predicted molar refractivity (Wildman–Crippen MR) is 56.5 cm³/mol. The number of hydrogen-bond acceptors (Lipinski definition) is 1. The quantitative estimate of drug-likeness (QED) is 0.608. The van der Waals surface area contributed by atoms with Crippen LogP contribution in [0.4, 0.5) is 0 Å². The van der Waals surface area contributed by atoms with Crippen LogP contribution in [0.5, 0.6) is 0 Å². The van der Waals surface area contributed by atoms with Crippen molar-refractivity contribution >= 4 is 11.2 Å². The Labute approximate surface area is 79.4 Å². The van der Waals surface area contributed by atoms with Crippen molar-refractivity contribution in [2.24, 2.45) is 5.92 Å². The number of rotatable bonds is 5. The molecule has 2 heteroatoms. The Balaban J connectivity index is 4.03. The highest BCUT2D eigenvalue weighted by Gasteiger charge is 2.03. The Hall–Kier alpha value is 0.0500. The third kappa shape index (κ3) is 6.74. The Bertz CT molecular complexity index is 139. The molecule has 0 bridgehead atoms. The van der Waals surface area contributed by atoms with E-state index in [0.29, 0.717) is 5.92 Å². The van der Waals surface area contributed by atoms with Gasteiger partial charge in [-0.05, 0) is 35.5 Å². The molecule has 0 aliphatic heterocycles. The van der Waals surface area contributed by atoms with E-state index in [0.717, 1.165) is 19.3 Å². The summed E-state index contributed by atoms with van der Waals surface area (Å²) in [5, 5.41) is 1.91. The van der Waals surface area contributed by atoms with E-state index < -0.39 is 11.2 Å². The summed E-state index contributed by atoms with van der Waals surface area (Å²) in [4.78, 5) is 0. The van der Waals surface area contributed by atoms with Crippen molar-refractivity contribution in [3.8, 4) is 0 Å². The largest absolute Gasteiger partial charge is 0.612 e. The molecule has 0 aliphatic carbocycles. The van der Waals surface area contributed by atoms with E-state index in [9.17, 15) is 4.55 Å². The maximum atomic E-state index is 10.9. The van der Waals surface area contributed by atoms with Gasteiger partial charge in [0.2, 0.25) is 0 Å². The Morgan fingerprint density at radius 3 is 2.42 bits per heavy atom. The van der Waals surface area contributed by atoms with E-state index in [1.165, 1.54) is 5.57 Å². The van der Waals surface area contributed by atoms with Crippen molar-refractivity contribution in [1.82, 2.24) is 0 Å². The van der Waals surface area contributed by atoms with Crippen molar-refractivity contribution in [3.05, 3.63) is 11.0 Å². The Kier molecular flexibility index (Phi) is 6.58. The number of allylic oxidation sites excluding steroid dienone is 1. The average molecular weight is 188 g/mol. The van der Waals surface area contributed by atoms with E-state index in [1.54, 1.807) is 6.26 Å². The first-order valence-electron chi connectivity index (χ1n) is 4.58. The van der Waals surface area contributed by atoms with Gasteiger partial charge in [-0.15, -0.1) is 0 Å². The van der Waals surface area contributed by atoms with Crippen molar-refractivity contribution in [1.29, 1.82) is 0 Å². The van der Waals surface area contributed by atoms with Crippen LogP contribution in [0.1, 0.15) is 40.0 Å². The fourth-order valence-corrected chi connectivity index (χ4v) is 1.97. The van der Waals surface area contributed by atoms with Crippen LogP contribution in [-0.4, -0.2) is 10.8 Å². The summed E-state index contributed by atoms with van der Waals surface area (Å²) in [6.07, 6.45) is 5.07. The van der Waals surface area contributed by atoms with Gasteiger partial charge in [0.05, 0.1) is 6.26 Å². The molecule has 0 N–H and O–H groups in total. The topological polar surface area (TPSA) is 23.1 Å². The molecule has 0 radical (unpaired) electrons. The molecule has 1 nitrogen and oxygen atoms in total. The van der Waals surface area contributed by atoms with E-state index in [1.807, 2.05) is 5.41 Å². The smallest absolute Gasteiger partial charge is 0.115 e. The lowest BCUT2D eigenvalue weighted by Gasteiger charge is -2.08. The SMILES string of the molecule is CCC/C(=C\[S+](C)[O-])CC(C)C. The van der Waals surface area contributed by atoms with Crippen LogP contribution in [0.25, 0.3) is 0 Å². The molecule has 0 aromatic rings. The molecular formula is C10H20OS. The summed E-state index contributed by atoms with van der Waals surface area (Å²) in [6.45, 7) is 6.55. The molecule has 0 saturated heterocycles. The fraction of sp³-hybridized carbons (Fsp3) is 0.800. The van der Waals surface area contributed by atoms with Crippen LogP contribution < -0.4 is 0 Å². The molecule has 0 fully saturated rings. The molecular weight excluding hydrogens is 168 g/mol. The zero-order valence-electron chi connectivity index (χ0n) is 8.59. The second kappa shape index (κ2) is 6.55. The molecule has 1 unspecified atom stereocenters. The van der Waals surface area contributed by atoms with Crippen molar-refractivity contribution in [2.75, 3.05) is 6.26 Å². The summed E-state index contributed by atoms with van der Waals surface area (Å²) in [7, 11) is 0. The molecule has 0 saturated carbocycles. The van der Waals surface area contributed by atoms with E-state index in [2.05, 4.69) is 20.8 Å². The highest BCUT2D eigenvalue weighted by atomic mass is 32.2. The monoisotopic (exact) mass is 188 g/mol. The van der Waals surface area contributed by atoms with Crippen LogP contribution >= 0.6 is 0 Å². The first kappa shape index (κ1) is 12.0. The lowest BCUT2D eigenvalue weighted by Crippen LogP contribution is -1.97. The Morgan fingerprint density at radius 2 is 2.08 bits per heavy atom. The third-order valence-electron chi connectivity index (χ3n) is 1.57. The van der Waals surface area contributed by atoms with Crippen LogP contribution in [0, 0.1) is 5.92 Å². The minimum atomic E-state index is -0.776. The predicted octanol–water partition coefficient (Wildman–Crippen LogP) is 3.10. The zero-order chi connectivity index (χ0) is 9.56. The first-order valence-corrected chi connectivity index (χ1v) is 6.20. The molecule has 0 aliphatic rings. The zero-order valence-corrected chi connectivity index (χ0v) is 9.41. The maximum Gasteiger partial charge on any atom is 0.115 e. The summed E-state index contributed by atoms with van der Waals surface area (Å²) in [6, 6.07) is 0. The van der Waals surface area contributed by atoms with E-state index in [-0.39, 0.29) is 0 Å². The van der Waals surface area contributed by atoms with Gasteiger partial charge in [-0.25, -0.2) is 0 Å². The summed E-state index contributed by atoms with van der Waals surface area (Å²) >= 11 is -0.776. The van der Waals surface area contributed by atoms with Crippen LogP contribution in [-0.2, 0) is 11.2 Å². The molecule has 1 atom stereocenters. The summed E-state index contributed by atoms with van der Waals surface area (Å²) in [5.74, 6) is 0.673. The van der Waals surface area contributed by atoms with Gasteiger partial charge in [-0.3, -0.25) is 0 Å². The minimum absolute atomic E-state index is 0.673. The van der Waals surface area contributed by atoms with Crippen molar-refractivity contribution in [2.45, 2.75) is 40.0 Å². The van der Waals surface area contributed by atoms with E-state index in [4.69, 9.17) is 0 Å². The molecule has 12 heavy (non-hydrogen) atoms. The molecule has 0 spiro atoms. The highest BCUT2D eigenvalue weighted by molar-refractivity contribution is 7.93. The van der Waals surface area contributed by atoms with Crippen LogP contribution in [0.15, 0.2) is 11.0 Å². The molecule has 72 valence electrons. The maximum absolute atomic E-state index is 10.9. The molecule has 0 aromatic carbocycles. The summed E-state index contributed by atoms with van der Waals surface area (Å²) < 4.78 is 10.9. The second-order valence-corrected chi connectivity index (χ2v) is 4.86. The van der Waals surface area contributed by atoms with Crippen molar-refractivity contribution < 1.29 is 4.55 Å². The normalized spacial score (nSPS) is 15.3. The van der Waals surface area contributed by atoms with Gasteiger partial charge in [0.1, 0.15) is 5.41 Å². The minimum Gasteiger partial charge on any atom is -0.612 e. The second-order valence-electron chi connectivity index (χ2n) is 3.62. The van der Waals surface area contributed by atoms with Gasteiger partial charge in [-0.2, -0.15) is 0 Å². The van der Waals surface area contributed by atoms with Gasteiger partial charge >= 0.3 is 0 Å². The number of hydrogen-bond donors (Lipinski definition) is 0. The van der Waals surface area contributed by atoms with E-state index >= 15 is 0 Å². The van der Waals surface area contributed by atoms with Gasteiger partial charge in [0, 0.05) is 0 Å². The van der Waals surface area contributed by atoms with Gasteiger partial charge in [0.15, 0.2) is 0 Å². The van der Waals surface area contributed by atoms with Crippen LogP contribution in [0.2, 0.25) is 0 Å². The summed E-state index contributed by atoms with van der Waals surface area (Å²) in [5.41, 5.74) is 1.35. The average Bonchev–Trinajstić information content (AvgIpc) is 1.84. The molecule has 0 aromatic heterocycles. The van der Waals surface area contributed by atoms with Gasteiger partial charge in [0.25, 0.3) is 0 Å². The fourth-order valence-electron chi connectivity index (χ4n) is 1.29. The lowest BCUT2D eigenvalue weighted by molar-refractivity contribution is 0.604. The Morgan fingerprint density at radius 1 is 1.50 bits per heavy atom. The highest BCUT2D eigenvalue weighted by Crippen LogP contribution is 2.16. The molecule has 0 heterocycles. The van der Waals surface area contributed by atoms with Gasteiger partial charge < -0.3 is 4.55 Å². The van der Waals surface area contributed by atoms with Crippen molar-refractivity contribution in [3.63, 3.8) is 0 Å². The molecule has 0 rings (SSSR count). The lowest BCUT2D eigenvalue weighted by atomic mass is 10.0. The standard InChI is InChI=1S/C10H20OS/c1-5-6-10(7-9(2)3)8-12(4)11/h8-9H,5-7H2,1-4H3/b10-8+.